The van der Waals surface area contributed by atoms with Gasteiger partial charge in [0.15, 0.2) is 5.82 Å². The fourth-order valence-corrected chi connectivity index (χ4v) is 8.46. The lowest BCUT2D eigenvalue weighted by Crippen LogP contribution is -1.96. The Bertz CT molecular complexity index is 3290. The lowest BCUT2D eigenvalue weighted by molar-refractivity contribution is 1.18. The first-order valence-corrected chi connectivity index (χ1v) is 19.8. The molecule has 11 aromatic rings. The predicted molar refractivity (Wildman–Crippen MR) is 245 cm³/mol. The van der Waals surface area contributed by atoms with Crippen LogP contribution in [0.25, 0.3) is 110 Å². The fourth-order valence-electron chi connectivity index (χ4n) is 8.46. The molecule has 0 radical (unpaired) electrons. The SMILES string of the molecule is c1ccc(-c2ccc(-c3cc(-c4ccc(-c5ccc6ccccc6c5)cc4)nc(-c4ccc(-c5c6ccccc6cc6c5ccc5ccccc56)cc4)n3)cc2)cc1. The van der Waals surface area contributed by atoms with E-state index in [0.29, 0.717) is 5.82 Å². The van der Waals surface area contributed by atoms with Gasteiger partial charge in [0.1, 0.15) is 0 Å². The van der Waals surface area contributed by atoms with E-state index in [1.807, 2.05) is 0 Å². The number of benzene rings is 10. The number of nitrogens with zero attached hydrogens (tertiary/aromatic N) is 2. The summed E-state index contributed by atoms with van der Waals surface area (Å²) in [4.78, 5) is 10.5. The summed E-state index contributed by atoms with van der Waals surface area (Å²) in [5, 5.41) is 9.98. The minimum absolute atomic E-state index is 0.693. The van der Waals surface area contributed by atoms with E-state index in [-0.39, 0.29) is 0 Å². The molecule has 270 valence electrons. The minimum Gasteiger partial charge on any atom is -0.228 e. The van der Waals surface area contributed by atoms with Crippen molar-refractivity contribution in [3.05, 3.63) is 218 Å². The molecule has 0 bridgehead atoms. The molecule has 2 nitrogen and oxygen atoms in total. The average molecular weight is 737 g/mol. The Hall–Kier alpha value is -7.68. The van der Waals surface area contributed by atoms with Crippen LogP contribution in [0.3, 0.4) is 0 Å². The summed E-state index contributed by atoms with van der Waals surface area (Å²) in [5.41, 5.74) is 12.0. The van der Waals surface area contributed by atoms with Crippen molar-refractivity contribution in [1.82, 2.24) is 9.97 Å². The standard InChI is InChI=1S/C56H36N2/c1-2-10-37(11-3-1)39-18-23-42(24-19-39)53-36-54(43-25-20-40(21-26-43)47-31-22-38-12-4-5-14-46(38)34-47)58-56(57-53)45-29-27-44(28-30-45)55-50-17-9-7-15-48(50)35-52-49-16-8-6-13-41(49)32-33-51(52)55/h1-36H. The fraction of sp³-hybridized carbons (Fsp3) is 0. The Labute approximate surface area is 337 Å². The summed E-state index contributed by atoms with van der Waals surface area (Å²) in [6.07, 6.45) is 0. The van der Waals surface area contributed by atoms with Crippen molar-refractivity contribution in [2.24, 2.45) is 0 Å². The largest absolute Gasteiger partial charge is 0.228 e. The zero-order valence-electron chi connectivity index (χ0n) is 31.7. The van der Waals surface area contributed by atoms with Crippen LogP contribution < -0.4 is 0 Å². The van der Waals surface area contributed by atoms with E-state index in [4.69, 9.17) is 9.97 Å². The van der Waals surface area contributed by atoms with Crippen LogP contribution in [0, 0.1) is 0 Å². The van der Waals surface area contributed by atoms with Gasteiger partial charge in [-0.3, -0.25) is 0 Å². The van der Waals surface area contributed by atoms with Gasteiger partial charge in [0, 0.05) is 16.7 Å². The third-order valence-corrected chi connectivity index (χ3v) is 11.5. The van der Waals surface area contributed by atoms with Crippen molar-refractivity contribution in [2.75, 3.05) is 0 Å². The molecule has 0 N–H and O–H groups in total. The smallest absolute Gasteiger partial charge is 0.160 e. The van der Waals surface area contributed by atoms with Gasteiger partial charge in [0.05, 0.1) is 11.4 Å². The summed E-state index contributed by atoms with van der Waals surface area (Å²) in [5.74, 6) is 0.693. The highest BCUT2D eigenvalue weighted by Gasteiger charge is 2.15. The maximum absolute atomic E-state index is 5.23. The van der Waals surface area contributed by atoms with Gasteiger partial charge in [-0.25, -0.2) is 9.97 Å². The van der Waals surface area contributed by atoms with Crippen molar-refractivity contribution in [3.8, 4) is 67.3 Å². The zero-order valence-corrected chi connectivity index (χ0v) is 31.7. The van der Waals surface area contributed by atoms with Crippen molar-refractivity contribution in [3.63, 3.8) is 0 Å². The van der Waals surface area contributed by atoms with Crippen LogP contribution in [-0.4, -0.2) is 9.97 Å². The van der Waals surface area contributed by atoms with Crippen LogP contribution in [0.1, 0.15) is 0 Å². The van der Waals surface area contributed by atoms with E-state index < -0.39 is 0 Å². The lowest BCUT2D eigenvalue weighted by atomic mass is 9.89. The van der Waals surface area contributed by atoms with Crippen molar-refractivity contribution in [1.29, 1.82) is 0 Å². The molecule has 0 unspecified atom stereocenters. The average Bonchev–Trinajstić information content (AvgIpc) is 3.31. The van der Waals surface area contributed by atoms with E-state index in [2.05, 4.69) is 218 Å². The molecule has 2 heteroatoms. The van der Waals surface area contributed by atoms with E-state index >= 15 is 0 Å². The van der Waals surface area contributed by atoms with Gasteiger partial charge in [-0.05, 0) is 94.7 Å². The molecule has 1 heterocycles. The highest BCUT2D eigenvalue weighted by Crippen LogP contribution is 2.40. The molecular formula is C56H36N2. The molecule has 0 fully saturated rings. The van der Waals surface area contributed by atoms with Crippen LogP contribution >= 0.6 is 0 Å². The Kier molecular flexibility index (Phi) is 8.19. The number of aromatic nitrogens is 2. The number of fused-ring (bicyclic) bond motifs is 5. The topological polar surface area (TPSA) is 25.8 Å². The maximum Gasteiger partial charge on any atom is 0.160 e. The van der Waals surface area contributed by atoms with E-state index in [9.17, 15) is 0 Å². The third-order valence-electron chi connectivity index (χ3n) is 11.5. The summed E-state index contributed by atoms with van der Waals surface area (Å²) in [6, 6.07) is 78.2. The molecule has 0 atom stereocenters. The molecule has 0 aliphatic heterocycles. The van der Waals surface area contributed by atoms with Crippen LogP contribution in [-0.2, 0) is 0 Å². The molecule has 0 aliphatic carbocycles. The monoisotopic (exact) mass is 736 g/mol. The van der Waals surface area contributed by atoms with Gasteiger partial charge < -0.3 is 0 Å². The summed E-state index contributed by atoms with van der Waals surface area (Å²) in [7, 11) is 0. The summed E-state index contributed by atoms with van der Waals surface area (Å²) in [6.45, 7) is 0. The van der Waals surface area contributed by atoms with Crippen molar-refractivity contribution >= 4 is 43.1 Å². The molecule has 58 heavy (non-hydrogen) atoms. The third kappa shape index (κ3) is 6.09. The van der Waals surface area contributed by atoms with Crippen LogP contribution in [0.5, 0.6) is 0 Å². The molecule has 1 aromatic heterocycles. The van der Waals surface area contributed by atoms with Gasteiger partial charge in [0.2, 0.25) is 0 Å². The molecule has 0 saturated carbocycles. The molecule has 0 saturated heterocycles. The molecular weight excluding hydrogens is 701 g/mol. The van der Waals surface area contributed by atoms with Gasteiger partial charge in [-0.1, -0.05) is 200 Å². The molecule has 0 amide bonds. The maximum atomic E-state index is 5.23. The van der Waals surface area contributed by atoms with Crippen LogP contribution in [0.2, 0.25) is 0 Å². The van der Waals surface area contributed by atoms with Gasteiger partial charge >= 0.3 is 0 Å². The van der Waals surface area contributed by atoms with Crippen molar-refractivity contribution < 1.29 is 0 Å². The minimum atomic E-state index is 0.693. The molecule has 0 aliphatic rings. The first kappa shape index (κ1) is 33.6. The quantitative estimate of drug-likeness (QED) is 0.125. The Balaban J connectivity index is 1.01. The summed E-state index contributed by atoms with van der Waals surface area (Å²) >= 11 is 0. The second kappa shape index (κ2) is 14.1. The Morgan fingerprint density at radius 1 is 0.224 bits per heavy atom. The normalized spacial score (nSPS) is 11.4. The van der Waals surface area contributed by atoms with Gasteiger partial charge in [0.25, 0.3) is 0 Å². The number of rotatable bonds is 6. The van der Waals surface area contributed by atoms with Crippen molar-refractivity contribution in [2.45, 2.75) is 0 Å². The summed E-state index contributed by atoms with van der Waals surface area (Å²) < 4.78 is 0. The van der Waals surface area contributed by atoms with E-state index in [1.54, 1.807) is 0 Å². The Morgan fingerprint density at radius 2 is 0.707 bits per heavy atom. The highest BCUT2D eigenvalue weighted by molar-refractivity contribution is 6.20. The predicted octanol–water partition coefficient (Wildman–Crippen LogP) is 15.1. The van der Waals surface area contributed by atoms with Gasteiger partial charge in [-0.15, -0.1) is 0 Å². The first-order chi connectivity index (χ1) is 28.7. The zero-order chi connectivity index (χ0) is 38.4. The number of hydrogen-bond donors (Lipinski definition) is 0. The lowest BCUT2D eigenvalue weighted by Gasteiger charge is -2.15. The molecule has 10 aromatic carbocycles. The molecule has 11 rings (SSSR count). The number of hydrogen-bond acceptors (Lipinski definition) is 2. The Morgan fingerprint density at radius 3 is 1.41 bits per heavy atom. The molecule has 0 spiro atoms. The van der Waals surface area contributed by atoms with E-state index in [0.717, 1.165) is 33.6 Å². The van der Waals surface area contributed by atoms with E-state index in [1.165, 1.54) is 70.9 Å². The second-order valence-electron chi connectivity index (χ2n) is 15.0. The van der Waals surface area contributed by atoms with Gasteiger partial charge in [-0.2, -0.15) is 0 Å². The van der Waals surface area contributed by atoms with Crippen LogP contribution in [0.15, 0.2) is 218 Å². The highest BCUT2D eigenvalue weighted by atomic mass is 14.9. The first-order valence-electron chi connectivity index (χ1n) is 19.8. The van der Waals surface area contributed by atoms with Crippen LogP contribution in [0.4, 0.5) is 0 Å². The second-order valence-corrected chi connectivity index (χ2v) is 15.0.